The number of aliphatic carboxylic acids is 1. The maximum absolute atomic E-state index is 11.5. The molecule has 1 N–H and O–H groups in total. The van der Waals surface area contributed by atoms with Crippen molar-refractivity contribution in [1.29, 1.82) is 0 Å². The summed E-state index contributed by atoms with van der Waals surface area (Å²) in [5, 5.41) is 9.43. The molecule has 0 aromatic rings. The summed E-state index contributed by atoms with van der Waals surface area (Å²) in [6.45, 7) is 6.07. The van der Waals surface area contributed by atoms with E-state index in [4.69, 9.17) is 9.47 Å². The van der Waals surface area contributed by atoms with Gasteiger partial charge in [-0.2, -0.15) is 0 Å². The molecule has 0 spiro atoms. The Morgan fingerprint density at radius 2 is 2.33 bits per heavy atom. The monoisotopic (exact) mass is 257 g/mol. The lowest BCUT2D eigenvalue weighted by atomic mass is 9.86. The van der Waals surface area contributed by atoms with Gasteiger partial charge < -0.3 is 14.6 Å². The Bertz CT molecular complexity index is 283. The second-order valence-corrected chi connectivity index (χ2v) is 5.35. The SMILES string of the molecule is CCN(CC1CCCO1)CC1(C(=O)O)CCOC1. The van der Waals surface area contributed by atoms with Crippen LogP contribution in [0.2, 0.25) is 0 Å². The van der Waals surface area contributed by atoms with Crippen molar-refractivity contribution in [3.8, 4) is 0 Å². The van der Waals surface area contributed by atoms with Gasteiger partial charge in [-0.25, -0.2) is 0 Å². The van der Waals surface area contributed by atoms with E-state index >= 15 is 0 Å². The fourth-order valence-electron chi connectivity index (χ4n) is 2.78. The molecule has 0 saturated carbocycles. The number of nitrogens with zero attached hydrogens (tertiary/aromatic N) is 1. The molecule has 5 heteroatoms. The first kappa shape index (κ1) is 13.8. The molecule has 0 amide bonds. The Balaban J connectivity index is 1.92. The van der Waals surface area contributed by atoms with Crippen LogP contribution in [-0.4, -0.2) is 61.5 Å². The summed E-state index contributed by atoms with van der Waals surface area (Å²) in [7, 11) is 0. The molecule has 2 saturated heterocycles. The van der Waals surface area contributed by atoms with Gasteiger partial charge in [-0.15, -0.1) is 0 Å². The van der Waals surface area contributed by atoms with Gasteiger partial charge in [-0.3, -0.25) is 9.69 Å². The molecular weight excluding hydrogens is 234 g/mol. The van der Waals surface area contributed by atoms with Gasteiger partial charge in [-0.1, -0.05) is 6.92 Å². The molecule has 18 heavy (non-hydrogen) atoms. The number of likely N-dealkylation sites (N-methyl/N-ethyl adjacent to an activating group) is 1. The molecule has 2 fully saturated rings. The molecule has 0 aliphatic carbocycles. The molecule has 0 radical (unpaired) electrons. The van der Waals surface area contributed by atoms with E-state index in [9.17, 15) is 9.90 Å². The highest BCUT2D eigenvalue weighted by Gasteiger charge is 2.43. The highest BCUT2D eigenvalue weighted by Crippen LogP contribution is 2.30. The van der Waals surface area contributed by atoms with Crippen LogP contribution in [0.5, 0.6) is 0 Å². The number of rotatable bonds is 6. The number of carbonyl (C=O) groups is 1. The van der Waals surface area contributed by atoms with E-state index in [1.807, 2.05) is 0 Å². The van der Waals surface area contributed by atoms with Crippen molar-refractivity contribution < 1.29 is 19.4 Å². The van der Waals surface area contributed by atoms with Gasteiger partial charge in [0.1, 0.15) is 5.41 Å². The Hall–Kier alpha value is -0.650. The lowest BCUT2D eigenvalue weighted by Gasteiger charge is -2.31. The zero-order chi connectivity index (χ0) is 13.0. The van der Waals surface area contributed by atoms with Crippen LogP contribution in [0.25, 0.3) is 0 Å². The van der Waals surface area contributed by atoms with E-state index in [0.717, 1.165) is 32.5 Å². The standard InChI is InChI=1S/C13H23NO4/c1-2-14(8-11-4-3-6-18-11)9-13(12(15)16)5-7-17-10-13/h11H,2-10H2,1H3,(H,15,16). The predicted molar refractivity (Wildman–Crippen MR) is 66.6 cm³/mol. The van der Waals surface area contributed by atoms with Gasteiger partial charge in [0.25, 0.3) is 0 Å². The summed E-state index contributed by atoms with van der Waals surface area (Å²) in [4.78, 5) is 13.7. The average molecular weight is 257 g/mol. The lowest BCUT2D eigenvalue weighted by Crippen LogP contribution is -2.46. The third kappa shape index (κ3) is 3.02. The summed E-state index contributed by atoms with van der Waals surface area (Å²) in [6, 6.07) is 0. The minimum atomic E-state index is -0.731. The number of hydrogen-bond acceptors (Lipinski definition) is 4. The molecule has 0 bridgehead atoms. The number of hydrogen-bond donors (Lipinski definition) is 1. The zero-order valence-corrected chi connectivity index (χ0v) is 11.1. The summed E-state index contributed by atoms with van der Waals surface area (Å²) in [6.07, 6.45) is 3.10. The molecule has 5 nitrogen and oxygen atoms in total. The quantitative estimate of drug-likeness (QED) is 0.768. The summed E-state index contributed by atoms with van der Waals surface area (Å²) in [5.74, 6) is -0.731. The maximum Gasteiger partial charge on any atom is 0.313 e. The van der Waals surface area contributed by atoms with Crippen LogP contribution >= 0.6 is 0 Å². The summed E-state index contributed by atoms with van der Waals surface area (Å²) < 4.78 is 10.9. The molecule has 2 heterocycles. The van der Waals surface area contributed by atoms with E-state index < -0.39 is 11.4 Å². The van der Waals surface area contributed by atoms with Gasteiger partial charge in [-0.05, 0) is 25.8 Å². The van der Waals surface area contributed by atoms with Gasteiger partial charge >= 0.3 is 5.97 Å². The predicted octanol–water partition coefficient (Wildman–Crippen LogP) is 0.979. The van der Waals surface area contributed by atoms with Gasteiger partial charge in [0, 0.05) is 26.3 Å². The van der Waals surface area contributed by atoms with Crippen molar-refractivity contribution in [1.82, 2.24) is 4.90 Å². The highest BCUT2D eigenvalue weighted by atomic mass is 16.5. The molecule has 2 atom stereocenters. The zero-order valence-electron chi connectivity index (χ0n) is 11.1. The average Bonchev–Trinajstić information content (AvgIpc) is 2.99. The Morgan fingerprint density at radius 1 is 1.50 bits per heavy atom. The lowest BCUT2D eigenvalue weighted by molar-refractivity contribution is -0.150. The minimum absolute atomic E-state index is 0.276. The van der Waals surface area contributed by atoms with Crippen LogP contribution in [0.3, 0.4) is 0 Å². The second kappa shape index (κ2) is 5.99. The largest absolute Gasteiger partial charge is 0.481 e. The molecule has 2 rings (SSSR count). The third-order valence-electron chi connectivity index (χ3n) is 4.02. The normalized spacial score (nSPS) is 32.2. The molecule has 2 unspecified atom stereocenters. The number of carboxylic acids is 1. The van der Waals surface area contributed by atoms with E-state index in [-0.39, 0.29) is 6.10 Å². The van der Waals surface area contributed by atoms with Crippen molar-refractivity contribution in [3.05, 3.63) is 0 Å². The van der Waals surface area contributed by atoms with Crippen LogP contribution < -0.4 is 0 Å². The van der Waals surface area contributed by atoms with Crippen LogP contribution in [0, 0.1) is 5.41 Å². The van der Waals surface area contributed by atoms with Gasteiger partial charge in [0.2, 0.25) is 0 Å². The van der Waals surface area contributed by atoms with Gasteiger partial charge in [0.15, 0.2) is 0 Å². The van der Waals surface area contributed by atoms with Crippen LogP contribution in [0.15, 0.2) is 0 Å². The fourth-order valence-corrected chi connectivity index (χ4v) is 2.78. The smallest absolute Gasteiger partial charge is 0.313 e. The minimum Gasteiger partial charge on any atom is -0.481 e. The first-order valence-electron chi connectivity index (χ1n) is 6.81. The van der Waals surface area contributed by atoms with E-state index in [1.165, 1.54) is 0 Å². The molecule has 2 aliphatic heterocycles. The van der Waals surface area contributed by atoms with Crippen molar-refractivity contribution in [2.24, 2.45) is 5.41 Å². The van der Waals surface area contributed by atoms with Crippen molar-refractivity contribution >= 4 is 5.97 Å². The number of carboxylic acid groups (broad SMARTS) is 1. The van der Waals surface area contributed by atoms with Crippen molar-refractivity contribution in [2.45, 2.75) is 32.3 Å². The van der Waals surface area contributed by atoms with Crippen LogP contribution in [0.4, 0.5) is 0 Å². The van der Waals surface area contributed by atoms with Crippen molar-refractivity contribution in [2.75, 3.05) is 39.5 Å². The summed E-state index contributed by atoms with van der Waals surface area (Å²) in [5.41, 5.74) is -0.714. The number of ether oxygens (including phenoxy) is 2. The van der Waals surface area contributed by atoms with E-state index in [0.29, 0.717) is 26.2 Å². The summed E-state index contributed by atoms with van der Waals surface area (Å²) >= 11 is 0. The van der Waals surface area contributed by atoms with Crippen LogP contribution in [-0.2, 0) is 14.3 Å². The fraction of sp³-hybridized carbons (Fsp3) is 0.923. The molecule has 104 valence electrons. The first-order valence-corrected chi connectivity index (χ1v) is 6.81. The molecule has 0 aromatic heterocycles. The Morgan fingerprint density at radius 3 is 2.83 bits per heavy atom. The topological polar surface area (TPSA) is 59.0 Å². The molecule has 2 aliphatic rings. The highest BCUT2D eigenvalue weighted by molar-refractivity contribution is 5.75. The third-order valence-corrected chi connectivity index (χ3v) is 4.02. The second-order valence-electron chi connectivity index (χ2n) is 5.35. The Labute approximate surface area is 108 Å². The van der Waals surface area contributed by atoms with E-state index in [1.54, 1.807) is 0 Å². The van der Waals surface area contributed by atoms with Crippen LogP contribution in [0.1, 0.15) is 26.2 Å². The molecule has 0 aromatic carbocycles. The maximum atomic E-state index is 11.5. The first-order chi connectivity index (χ1) is 8.66. The van der Waals surface area contributed by atoms with Crippen molar-refractivity contribution in [3.63, 3.8) is 0 Å². The molecular formula is C13H23NO4. The Kier molecular flexibility index (Phi) is 4.59. The van der Waals surface area contributed by atoms with E-state index in [2.05, 4.69) is 11.8 Å². The van der Waals surface area contributed by atoms with Gasteiger partial charge in [0.05, 0.1) is 12.7 Å².